The van der Waals surface area contributed by atoms with Gasteiger partial charge in [-0.1, -0.05) is 6.07 Å². The molecular weight excluding hydrogens is 272 g/mol. The number of nitrogens with two attached hydrogens (primary N) is 1. The van der Waals surface area contributed by atoms with E-state index in [2.05, 4.69) is 15.3 Å². The molecule has 106 valence electrons. The average molecular weight is 290 g/mol. The standard InChI is InChI=1S/C14H18N4OS/c1-18(7-11-8-20-9-17-11)6-10-3-4-12(14(15)16)13(5-10)19-2/h3-5,8-9H,6-7H2,1-2H3,(H3,15,16). The van der Waals surface area contributed by atoms with Crippen LogP contribution in [0, 0.1) is 5.41 Å². The topological polar surface area (TPSA) is 75.2 Å². The molecule has 0 spiro atoms. The highest BCUT2D eigenvalue weighted by atomic mass is 32.1. The van der Waals surface area contributed by atoms with Gasteiger partial charge in [0.15, 0.2) is 0 Å². The monoisotopic (exact) mass is 290 g/mol. The van der Waals surface area contributed by atoms with Gasteiger partial charge in [-0.3, -0.25) is 10.3 Å². The molecule has 0 radical (unpaired) electrons. The van der Waals surface area contributed by atoms with Gasteiger partial charge in [-0.15, -0.1) is 11.3 Å². The van der Waals surface area contributed by atoms with Gasteiger partial charge in [0.05, 0.1) is 23.9 Å². The molecule has 0 saturated carbocycles. The van der Waals surface area contributed by atoms with E-state index in [1.165, 1.54) is 0 Å². The number of methoxy groups -OCH3 is 1. The molecule has 20 heavy (non-hydrogen) atoms. The first-order valence-corrected chi connectivity index (χ1v) is 7.11. The number of nitrogens with one attached hydrogen (secondary N) is 1. The molecule has 0 aliphatic carbocycles. The van der Waals surface area contributed by atoms with Crippen LogP contribution in [0.15, 0.2) is 29.1 Å². The van der Waals surface area contributed by atoms with Crippen LogP contribution in [0.2, 0.25) is 0 Å². The second-order valence-corrected chi connectivity index (χ2v) is 5.32. The third-order valence-corrected chi connectivity index (χ3v) is 3.56. The lowest BCUT2D eigenvalue weighted by Gasteiger charge is -2.16. The fourth-order valence-corrected chi connectivity index (χ4v) is 2.57. The Morgan fingerprint density at radius 1 is 1.45 bits per heavy atom. The number of nitrogen functional groups attached to an aromatic ring is 1. The molecule has 1 aromatic carbocycles. The van der Waals surface area contributed by atoms with Crippen molar-refractivity contribution in [2.24, 2.45) is 5.73 Å². The van der Waals surface area contributed by atoms with E-state index in [1.54, 1.807) is 18.4 Å². The van der Waals surface area contributed by atoms with Gasteiger partial charge in [0.25, 0.3) is 0 Å². The Balaban J connectivity index is 2.07. The van der Waals surface area contributed by atoms with Gasteiger partial charge in [0, 0.05) is 18.5 Å². The number of rotatable bonds is 6. The van der Waals surface area contributed by atoms with Crippen molar-refractivity contribution >= 4 is 17.2 Å². The van der Waals surface area contributed by atoms with Crippen molar-refractivity contribution in [1.29, 1.82) is 5.41 Å². The van der Waals surface area contributed by atoms with E-state index < -0.39 is 0 Å². The Bertz CT molecular complexity index is 583. The molecule has 0 aliphatic heterocycles. The van der Waals surface area contributed by atoms with Crippen LogP contribution in [-0.2, 0) is 13.1 Å². The quantitative estimate of drug-likeness (QED) is 0.631. The van der Waals surface area contributed by atoms with Crippen molar-refractivity contribution in [1.82, 2.24) is 9.88 Å². The zero-order valence-electron chi connectivity index (χ0n) is 11.6. The van der Waals surface area contributed by atoms with Gasteiger partial charge in [-0.25, -0.2) is 4.98 Å². The highest BCUT2D eigenvalue weighted by molar-refractivity contribution is 7.07. The number of amidine groups is 1. The molecule has 0 amide bonds. The molecule has 3 N–H and O–H groups in total. The van der Waals surface area contributed by atoms with Crippen LogP contribution in [0.25, 0.3) is 0 Å². The number of aromatic nitrogens is 1. The van der Waals surface area contributed by atoms with Crippen LogP contribution in [0.3, 0.4) is 0 Å². The summed E-state index contributed by atoms with van der Waals surface area (Å²) in [7, 11) is 3.63. The summed E-state index contributed by atoms with van der Waals surface area (Å²) in [5, 5.41) is 9.55. The molecule has 1 aromatic heterocycles. The van der Waals surface area contributed by atoms with Crippen LogP contribution in [-0.4, -0.2) is 29.9 Å². The Hall–Kier alpha value is -1.92. The van der Waals surface area contributed by atoms with Gasteiger partial charge in [-0.2, -0.15) is 0 Å². The van der Waals surface area contributed by atoms with Crippen molar-refractivity contribution < 1.29 is 4.74 Å². The fraction of sp³-hybridized carbons (Fsp3) is 0.286. The zero-order valence-corrected chi connectivity index (χ0v) is 12.4. The minimum Gasteiger partial charge on any atom is -0.496 e. The maximum absolute atomic E-state index is 7.50. The summed E-state index contributed by atoms with van der Waals surface area (Å²) in [6, 6.07) is 5.72. The number of hydrogen-bond donors (Lipinski definition) is 2. The summed E-state index contributed by atoms with van der Waals surface area (Å²) in [4.78, 5) is 6.45. The second-order valence-electron chi connectivity index (χ2n) is 4.60. The fourth-order valence-electron chi connectivity index (χ4n) is 2.02. The Morgan fingerprint density at radius 3 is 2.85 bits per heavy atom. The SMILES string of the molecule is COc1cc(CN(C)Cc2cscn2)ccc1C(=N)N. The first-order chi connectivity index (χ1) is 9.60. The van der Waals surface area contributed by atoms with E-state index in [0.29, 0.717) is 11.3 Å². The van der Waals surface area contributed by atoms with Crippen LogP contribution in [0.4, 0.5) is 0 Å². The predicted octanol–water partition coefficient (Wildman–Crippen LogP) is 2.07. The number of nitrogens with zero attached hydrogens (tertiary/aromatic N) is 2. The molecule has 1 heterocycles. The molecular formula is C14H18N4OS. The normalized spacial score (nSPS) is 10.8. The average Bonchev–Trinajstić information content (AvgIpc) is 2.90. The third kappa shape index (κ3) is 3.55. The van der Waals surface area contributed by atoms with E-state index in [1.807, 2.05) is 30.8 Å². The molecule has 2 aromatic rings. The van der Waals surface area contributed by atoms with Crippen LogP contribution < -0.4 is 10.5 Å². The number of thiazole rings is 1. The summed E-state index contributed by atoms with van der Waals surface area (Å²) >= 11 is 1.60. The van der Waals surface area contributed by atoms with Gasteiger partial charge < -0.3 is 10.5 Å². The summed E-state index contributed by atoms with van der Waals surface area (Å²) in [5.74, 6) is 0.654. The van der Waals surface area contributed by atoms with Gasteiger partial charge in [-0.05, 0) is 24.7 Å². The summed E-state index contributed by atoms with van der Waals surface area (Å²) in [5.41, 5.74) is 10.2. The maximum atomic E-state index is 7.50. The van der Waals surface area contributed by atoms with E-state index >= 15 is 0 Å². The molecule has 0 bridgehead atoms. The highest BCUT2D eigenvalue weighted by Gasteiger charge is 2.09. The van der Waals surface area contributed by atoms with Crippen LogP contribution in [0.5, 0.6) is 5.75 Å². The number of hydrogen-bond acceptors (Lipinski definition) is 5. The van der Waals surface area contributed by atoms with Gasteiger partial charge >= 0.3 is 0 Å². The minimum absolute atomic E-state index is 0.0178. The molecule has 0 unspecified atom stereocenters. The molecule has 2 rings (SSSR count). The predicted molar refractivity (Wildman–Crippen MR) is 81.3 cm³/mol. The Morgan fingerprint density at radius 2 is 2.25 bits per heavy atom. The summed E-state index contributed by atoms with van der Waals surface area (Å²) in [6.45, 7) is 1.59. The minimum atomic E-state index is 0.0178. The van der Waals surface area contributed by atoms with Crippen molar-refractivity contribution in [3.05, 3.63) is 45.9 Å². The first-order valence-electron chi connectivity index (χ1n) is 6.17. The van der Waals surface area contributed by atoms with Gasteiger partial charge in [0.2, 0.25) is 0 Å². The van der Waals surface area contributed by atoms with E-state index in [0.717, 1.165) is 24.3 Å². The van der Waals surface area contributed by atoms with Crippen molar-refractivity contribution in [3.8, 4) is 5.75 Å². The molecule has 0 aliphatic rings. The largest absolute Gasteiger partial charge is 0.496 e. The van der Waals surface area contributed by atoms with Crippen molar-refractivity contribution in [2.45, 2.75) is 13.1 Å². The molecule has 5 nitrogen and oxygen atoms in total. The Labute approximate surface area is 122 Å². The lowest BCUT2D eigenvalue weighted by molar-refractivity contribution is 0.315. The summed E-state index contributed by atoms with van der Waals surface area (Å²) < 4.78 is 5.28. The third-order valence-electron chi connectivity index (χ3n) is 2.92. The smallest absolute Gasteiger partial charge is 0.130 e. The highest BCUT2D eigenvalue weighted by Crippen LogP contribution is 2.20. The van der Waals surface area contributed by atoms with Gasteiger partial charge in [0.1, 0.15) is 11.6 Å². The molecule has 0 fully saturated rings. The molecule has 6 heteroatoms. The molecule has 0 saturated heterocycles. The second kappa shape index (κ2) is 6.49. The number of benzene rings is 1. The lowest BCUT2D eigenvalue weighted by atomic mass is 10.1. The Kier molecular flexibility index (Phi) is 4.70. The van der Waals surface area contributed by atoms with Crippen LogP contribution >= 0.6 is 11.3 Å². The van der Waals surface area contributed by atoms with Crippen molar-refractivity contribution in [2.75, 3.05) is 14.2 Å². The maximum Gasteiger partial charge on any atom is 0.130 e. The van der Waals surface area contributed by atoms with E-state index in [9.17, 15) is 0 Å². The molecule has 0 atom stereocenters. The van der Waals surface area contributed by atoms with E-state index in [-0.39, 0.29) is 5.84 Å². The lowest BCUT2D eigenvalue weighted by Crippen LogP contribution is -2.18. The van der Waals surface area contributed by atoms with E-state index in [4.69, 9.17) is 15.9 Å². The number of ether oxygens (including phenoxy) is 1. The zero-order chi connectivity index (χ0) is 14.5. The first kappa shape index (κ1) is 14.5. The summed E-state index contributed by atoms with van der Waals surface area (Å²) in [6.07, 6.45) is 0. The van der Waals surface area contributed by atoms with Crippen LogP contribution in [0.1, 0.15) is 16.8 Å². The van der Waals surface area contributed by atoms with Crippen molar-refractivity contribution in [3.63, 3.8) is 0 Å².